The van der Waals surface area contributed by atoms with Crippen LogP contribution in [0.5, 0.6) is 0 Å². The molecule has 1 rings (SSSR count). The van der Waals surface area contributed by atoms with Crippen molar-refractivity contribution in [3.63, 3.8) is 0 Å². The highest BCUT2D eigenvalue weighted by Crippen LogP contribution is 2.09. The van der Waals surface area contributed by atoms with Crippen LogP contribution in [-0.2, 0) is 14.3 Å². The molecule has 1 atom stereocenters. The van der Waals surface area contributed by atoms with E-state index >= 15 is 0 Å². The Bertz CT molecular complexity index is 450. The van der Waals surface area contributed by atoms with E-state index in [-0.39, 0.29) is 17.8 Å². The summed E-state index contributed by atoms with van der Waals surface area (Å²) < 4.78 is 9.72. The standard InChI is InChI=1S/C15H22N2O4/c1-12(15(19)21-3)11-17(9-4-10-20-2)14(18)13-5-7-16-8-6-13/h5-8,12H,4,9-11H2,1-3H3. The average Bonchev–Trinajstić information content (AvgIpc) is 2.53. The Morgan fingerprint density at radius 3 is 2.52 bits per heavy atom. The molecule has 0 aliphatic heterocycles. The van der Waals surface area contributed by atoms with Gasteiger partial charge in [-0.25, -0.2) is 0 Å². The molecule has 0 fully saturated rings. The van der Waals surface area contributed by atoms with Crippen LogP contribution in [0.2, 0.25) is 0 Å². The number of ether oxygens (including phenoxy) is 2. The van der Waals surface area contributed by atoms with Crippen LogP contribution >= 0.6 is 0 Å². The lowest BCUT2D eigenvalue weighted by Gasteiger charge is -2.25. The SMILES string of the molecule is COCCCN(CC(C)C(=O)OC)C(=O)c1ccncc1. The van der Waals surface area contributed by atoms with Crippen LogP contribution in [0.4, 0.5) is 0 Å². The quantitative estimate of drug-likeness (QED) is 0.535. The number of aromatic nitrogens is 1. The van der Waals surface area contributed by atoms with Crippen molar-refractivity contribution in [3.8, 4) is 0 Å². The molecule has 6 nitrogen and oxygen atoms in total. The maximum absolute atomic E-state index is 12.5. The zero-order valence-corrected chi connectivity index (χ0v) is 12.7. The molecule has 1 aromatic heterocycles. The Kier molecular flexibility index (Phi) is 7.39. The first-order valence-electron chi connectivity index (χ1n) is 6.86. The van der Waals surface area contributed by atoms with Crippen LogP contribution in [-0.4, -0.2) is 55.7 Å². The Morgan fingerprint density at radius 2 is 1.95 bits per heavy atom. The van der Waals surface area contributed by atoms with Gasteiger partial charge in [0.25, 0.3) is 5.91 Å². The predicted molar refractivity (Wildman–Crippen MR) is 77.8 cm³/mol. The fraction of sp³-hybridized carbons (Fsp3) is 0.533. The van der Waals surface area contributed by atoms with Crippen molar-refractivity contribution in [2.24, 2.45) is 5.92 Å². The summed E-state index contributed by atoms with van der Waals surface area (Å²) in [5.74, 6) is -0.818. The molecule has 0 aromatic carbocycles. The van der Waals surface area contributed by atoms with Gasteiger partial charge in [-0.3, -0.25) is 14.6 Å². The smallest absolute Gasteiger partial charge is 0.310 e. The van der Waals surface area contributed by atoms with Gasteiger partial charge < -0.3 is 14.4 Å². The van der Waals surface area contributed by atoms with E-state index in [1.165, 1.54) is 7.11 Å². The molecule has 0 N–H and O–H groups in total. The largest absolute Gasteiger partial charge is 0.469 e. The summed E-state index contributed by atoms with van der Waals surface area (Å²) in [6.45, 7) is 3.15. The van der Waals surface area contributed by atoms with Crippen molar-refractivity contribution in [1.29, 1.82) is 0 Å². The van der Waals surface area contributed by atoms with Crippen LogP contribution in [0.15, 0.2) is 24.5 Å². The molecule has 1 aromatic rings. The fourth-order valence-corrected chi connectivity index (χ4v) is 1.96. The zero-order valence-electron chi connectivity index (χ0n) is 12.7. The van der Waals surface area contributed by atoms with E-state index in [1.54, 1.807) is 43.5 Å². The molecule has 0 spiro atoms. The molecule has 0 radical (unpaired) electrons. The van der Waals surface area contributed by atoms with Crippen molar-refractivity contribution in [2.45, 2.75) is 13.3 Å². The van der Waals surface area contributed by atoms with Crippen LogP contribution in [0.25, 0.3) is 0 Å². The number of nitrogens with zero attached hydrogens (tertiary/aromatic N) is 2. The van der Waals surface area contributed by atoms with Gasteiger partial charge in [0.15, 0.2) is 0 Å². The Labute approximate surface area is 125 Å². The lowest BCUT2D eigenvalue weighted by Crippen LogP contribution is -2.38. The second-order valence-electron chi connectivity index (χ2n) is 4.76. The molecular weight excluding hydrogens is 272 g/mol. The monoisotopic (exact) mass is 294 g/mol. The van der Waals surface area contributed by atoms with Crippen molar-refractivity contribution in [2.75, 3.05) is 33.9 Å². The first-order valence-corrected chi connectivity index (χ1v) is 6.86. The number of amides is 1. The summed E-state index contributed by atoms with van der Waals surface area (Å²) in [7, 11) is 2.96. The van der Waals surface area contributed by atoms with Crippen LogP contribution in [0.1, 0.15) is 23.7 Å². The van der Waals surface area contributed by atoms with Crippen molar-refractivity contribution < 1.29 is 19.1 Å². The molecular formula is C15H22N2O4. The van der Waals surface area contributed by atoms with Gasteiger partial charge in [0.1, 0.15) is 0 Å². The van der Waals surface area contributed by atoms with Gasteiger partial charge in [0.05, 0.1) is 13.0 Å². The van der Waals surface area contributed by atoms with Crippen molar-refractivity contribution in [3.05, 3.63) is 30.1 Å². The lowest BCUT2D eigenvalue weighted by atomic mass is 10.1. The number of methoxy groups -OCH3 is 2. The fourth-order valence-electron chi connectivity index (χ4n) is 1.96. The summed E-state index contributed by atoms with van der Waals surface area (Å²) >= 11 is 0. The second-order valence-corrected chi connectivity index (χ2v) is 4.76. The second kappa shape index (κ2) is 9.07. The molecule has 1 unspecified atom stereocenters. The highest BCUT2D eigenvalue weighted by atomic mass is 16.5. The molecule has 0 saturated heterocycles. The van der Waals surface area contributed by atoms with Gasteiger partial charge in [-0.05, 0) is 18.6 Å². The average molecular weight is 294 g/mol. The Balaban J connectivity index is 2.76. The Hall–Kier alpha value is -1.95. The molecule has 0 aliphatic rings. The van der Waals surface area contributed by atoms with E-state index in [4.69, 9.17) is 9.47 Å². The molecule has 1 heterocycles. The van der Waals surface area contributed by atoms with Crippen LogP contribution in [0.3, 0.4) is 0 Å². The normalized spacial score (nSPS) is 11.8. The number of rotatable bonds is 8. The third-order valence-corrected chi connectivity index (χ3v) is 3.09. The number of esters is 1. The maximum Gasteiger partial charge on any atom is 0.310 e. The molecule has 0 bridgehead atoms. The van der Waals surface area contributed by atoms with Gasteiger partial charge in [0.2, 0.25) is 0 Å². The molecule has 1 amide bonds. The number of carbonyl (C=O) groups excluding carboxylic acids is 2. The first kappa shape index (κ1) is 17.1. The Morgan fingerprint density at radius 1 is 1.29 bits per heavy atom. The van der Waals surface area contributed by atoms with Crippen molar-refractivity contribution in [1.82, 2.24) is 9.88 Å². The number of hydrogen-bond donors (Lipinski definition) is 0. The first-order chi connectivity index (χ1) is 10.1. The number of hydrogen-bond acceptors (Lipinski definition) is 5. The van der Waals surface area contributed by atoms with E-state index in [9.17, 15) is 9.59 Å². The van der Waals surface area contributed by atoms with Crippen molar-refractivity contribution >= 4 is 11.9 Å². The third-order valence-electron chi connectivity index (χ3n) is 3.09. The summed E-state index contributed by atoms with van der Waals surface area (Å²) in [5.41, 5.74) is 0.555. The van der Waals surface area contributed by atoms with Gasteiger partial charge in [-0.2, -0.15) is 0 Å². The molecule has 0 aliphatic carbocycles. The minimum absolute atomic E-state index is 0.121. The van der Waals surface area contributed by atoms with E-state index in [2.05, 4.69) is 4.98 Å². The number of carbonyl (C=O) groups is 2. The topological polar surface area (TPSA) is 68.7 Å². The van der Waals surface area contributed by atoms with E-state index in [1.807, 2.05) is 0 Å². The highest BCUT2D eigenvalue weighted by molar-refractivity contribution is 5.94. The van der Waals surface area contributed by atoms with E-state index in [0.717, 1.165) is 0 Å². The summed E-state index contributed by atoms with van der Waals surface area (Å²) in [4.78, 5) is 29.6. The lowest BCUT2D eigenvalue weighted by molar-refractivity contribution is -0.145. The summed E-state index contributed by atoms with van der Waals surface area (Å²) in [5, 5.41) is 0. The third kappa shape index (κ3) is 5.51. The van der Waals surface area contributed by atoms with Gasteiger partial charge >= 0.3 is 5.97 Å². The van der Waals surface area contributed by atoms with Gasteiger partial charge in [-0.15, -0.1) is 0 Å². The highest BCUT2D eigenvalue weighted by Gasteiger charge is 2.22. The van der Waals surface area contributed by atoms with Crippen LogP contribution in [0, 0.1) is 5.92 Å². The van der Waals surface area contributed by atoms with E-state index < -0.39 is 0 Å². The minimum Gasteiger partial charge on any atom is -0.469 e. The number of pyridine rings is 1. The predicted octanol–water partition coefficient (Wildman–Crippen LogP) is 1.37. The molecule has 116 valence electrons. The summed E-state index contributed by atoms with van der Waals surface area (Å²) in [6, 6.07) is 3.32. The molecule has 21 heavy (non-hydrogen) atoms. The summed E-state index contributed by atoms with van der Waals surface area (Å²) in [6.07, 6.45) is 3.86. The van der Waals surface area contributed by atoms with Gasteiger partial charge in [-0.1, -0.05) is 6.92 Å². The molecule has 0 saturated carbocycles. The molecule has 6 heteroatoms. The maximum atomic E-state index is 12.5. The van der Waals surface area contributed by atoms with Crippen LogP contribution < -0.4 is 0 Å². The van der Waals surface area contributed by atoms with Gasteiger partial charge in [0, 0.05) is 44.8 Å². The zero-order chi connectivity index (χ0) is 15.7. The minimum atomic E-state index is -0.372. The van der Waals surface area contributed by atoms with E-state index in [0.29, 0.717) is 31.7 Å².